The summed E-state index contributed by atoms with van der Waals surface area (Å²) in [4.78, 5) is 8.16. The Morgan fingerprint density at radius 2 is 2.05 bits per heavy atom. The van der Waals surface area contributed by atoms with Crippen LogP contribution < -0.4 is 0 Å². The van der Waals surface area contributed by atoms with E-state index >= 15 is 0 Å². The largest absolute Gasteiger partial charge is 0.295 e. The molecule has 1 unspecified atom stereocenters. The summed E-state index contributed by atoms with van der Waals surface area (Å²) < 4.78 is 2.12. The van der Waals surface area contributed by atoms with E-state index < -0.39 is 0 Å². The average Bonchev–Trinajstić information content (AvgIpc) is 3.01. The van der Waals surface area contributed by atoms with E-state index in [0.717, 1.165) is 21.4 Å². The Balaban J connectivity index is 1.79. The van der Waals surface area contributed by atoms with Crippen molar-refractivity contribution in [2.45, 2.75) is 26.4 Å². The van der Waals surface area contributed by atoms with Crippen molar-refractivity contribution in [1.82, 2.24) is 9.88 Å². The molecule has 0 bridgehead atoms. The van der Waals surface area contributed by atoms with Crippen LogP contribution in [0.3, 0.4) is 0 Å². The summed E-state index contributed by atoms with van der Waals surface area (Å²) in [7, 11) is 2.15. The zero-order valence-corrected chi connectivity index (χ0v) is 14.6. The molecule has 0 saturated carbocycles. The lowest BCUT2D eigenvalue weighted by Crippen LogP contribution is -2.21. The molecular weight excluding hydrogens is 320 g/mol. The van der Waals surface area contributed by atoms with Crippen molar-refractivity contribution in [2.75, 3.05) is 7.05 Å². The molecule has 0 aliphatic rings. The van der Waals surface area contributed by atoms with Gasteiger partial charge < -0.3 is 0 Å². The fourth-order valence-corrected chi connectivity index (χ4v) is 4.42. The molecular formula is C16H17ClN2S2. The van der Waals surface area contributed by atoms with Gasteiger partial charge in [0, 0.05) is 17.5 Å². The molecule has 0 amide bonds. The van der Waals surface area contributed by atoms with Crippen LogP contribution >= 0.6 is 34.3 Å². The normalized spacial score (nSPS) is 13.2. The van der Waals surface area contributed by atoms with E-state index in [1.165, 1.54) is 15.1 Å². The molecule has 5 heteroatoms. The molecule has 110 valence electrons. The molecule has 0 radical (unpaired) electrons. The maximum Gasteiger partial charge on any atom is 0.0931 e. The van der Waals surface area contributed by atoms with Crippen LogP contribution in [-0.4, -0.2) is 16.9 Å². The number of halogens is 1. The van der Waals surface area contributed by atoms with Gasteiger partial charge >= 0.3 is 0 Å². The molecule has 0 aliphatic heterocycles. The van der Waals surface area contributed by atoms with Gasteiger partial charge in [-0.15, -0.1) is 22.7 Å². The van der Waals surface area contributed by atoms with Gasteiger partial charge in [0.2, 0.25) is 0 Å². The van der Waals surface area contributed by atoms with Gasteiger partial charge in [0.1, 0.15) is 0 Å². The minimum absolute atomic E-state index is 0.359. The highest BCUT2D eigenvalue weighted by Gasteiger charge is 2.14. The molecule has 0 N–H and O–H groups in total. The second-order valence-corrected chi connectivity index (χ2v) is 8.29. The minimum Gasteiger partial charge on any atom is -0.295 e. The van der Waals surface area contributed by atoms with Crippen LogP contribution in [0.25, 0.3) is 10.2 Å². The van der Waals surface area contributed by atoms with Gasteiger partial charge in [0.05, 0.1) is 19.6 Å². The number of hydrogen-bond donors (Lipinski definition) is 0. The number of benzene rings is 1. The summed E-state index contributed by atoms with van der Waals surface area (Å²) in [5.74, 6) is 0. The minimum atomic E-state index is 0.359. The van der Waals surface area contributed by atoms with Crippen LogP contribution in [0.2, 0.25) is 4.34 Å². The smallest absolute Gasteiger partial charge is 0.0931 e. The van der Waals surface area contributed by atoms with Crippen molar-refractivity contribution >= 4 is 44.5 Å². The maximum absolute atomic E-state index is 6.00. The molecule has 21 heavy (non-hydrogen) atoms. The Bertz CT molecular complexity index is 763. The number of rotatable bonds is 4. The van der Waals surface area contributed by atoms with E-state index in [1.54, 1.807) is 22.7 Å². The number of fused-ring (bicyclic) bond motifs is 1. The molecule has 3 rings (SSSR count). The van der Waals surface area contributed by atoms with Crippen molar-refractivity contribution in [2.24, 2.45) is 0 Å². The Labute approximate surface area is 138 Å². The van der Waals surface area contributed by atoms with Gasteiger partial charge in [-0.25, -0.2) is 4.98 Å². The topological polar surface area (TPSA) is 16.1 Å². The zero-order valence-electron chi connectivity index (χ0n) is 12.3. The van der Waals surface area contributed by atoms with Gasteiger partial charge in [-0.2, -0.15) is 0 Å². The Kier molecular flexibility index (Phi) is 4.31. The number of hydrogen-bond acceptors (Lipinski definition) is 4. The molecule has 0 fully saturated rings. The van der Waals surface area contributed by atoms with Crippen molar-refractivity contribution in [3.8, 4) is 0 Å². The van der Waals surface area contributed by atoms with Gasteiger partial charge in [-0.05, 0) is 50.7 Å². The lowest BCUT2D eigenvalue weighted by atomic mass is 10.1. The summed E-state index contributed by atoms with van der Waals surface area (Å²) in [5, 5.41) is 1.12. The standard InChI is InChI=1S/C16H17ClN2S2/c1-10(19(3)9-13-5-7-16(17)21-13)12-4-6-14-15(8-12)20-11(2)18-14/h4-8,10H,9H2,1-3H3. The fourth-order valence-electron chi connectivity index (χ4n) is 2.39. The number of thiazole rings is 1. The Hall–Kier alpha value is -0.940. The van der Waals surface area contributed by atoms with Gasteiger partial charge in [-0.3, -0.25) is 4.90 Å². The van der Waals surface area contributed by atoms with Gasteiger partial charge in [0.15, 0.2) is 0 Å². The van der Waals surface area contributed by atoms with E-state index in [4.69, 9.17) is 11.6 Å². The fraction of sp³-hybridized carbons (Fsp3) is 0.312. The van der Waals surface area contributed by atoms with Crippen molar-refractivity contribution in [1.29, 1.82) is 0 Å². The lowest BCUT2D eigenvalue weighted by molar-refractivity contribution is 0.255. The molecule has 0 aliphatic carbocycles. The molecule has 2 nitrogen and oxygen atoms in total. The van der Waals surface area contributed by atoms with Crippen LogP contribution in [0, 0.1) is 6.92 Å². The van der Waals surface area contributed by atoms with Gasteiger partial charge in [-0.1, -0.05) is 17.7 Å². The van der Waals surface area contributed by atoms with E-state index in [-0.39, 0.29) is 0 Å². The van der Waals surface area contributed by atoms with Crippen molar-refractivity contribution in [3.63, 3.8) is 0 Å². The second kappa shape index (κ2) is 6.05. The summed E-state index contributed by atoms with van der Waals surface area (Å²) >= 11 is 9.41. The molecule has 3 aromatic rings. The number of aromatic nitrogens is 1. The third kappa shape index (κ3) is 3.29. The number of thiophene rings is 1. The first-order valence-electron chi connectivity index (χ1n) is 6.84. The molecule has 0 saturated heterocycles. The highest BCUT2D eigenvalue weighted by molar-refractivity contribution is 7.18. The lowest BCUT2D eigenvalue weighted by Gasteiger charge is -2.24. The van der Waals surface area contributed by atoms with E-state index in [9.17, 15) is 0 Å². The van der Waals surface area contributed by atoms with E-state index in [2.05, 4.69) is 55.0 Å². The molecule has 0 spiro atoms. The first-order valence-corrected chi connectivity index (χ1v) is 8.85. The van der Waals surface area contributed by atoms with Crippen LogP contribution in [0.15, 0.2) is 30.3 Å². The second-order valence-electron chi connectivity index (χ2n) is 5.26. The number of nitrogens with zero attached hydrogens (tertiary/aromatic N) is 2. The van der Waals surface area contributed by atoms with E-state index in [0.29, 0.717) is 6.04 Å². The number of aryl methyl sites for hydroxylation is 1. The zero-order chi connectivity index (χ0) is 15.0. The van der Waals surface area contributed by atoms with Crippen LogP contribution in [0.5, 0.6) is 0 Å². The van der Waals surface area contributed by atoms with Crippen LogP contribution in [0.4, 0.5) is 0 Å². The third-order valence-corrected chi connectivity index (χ3v) is 5.85. The van der Waals surface area contributed by atoms with Crippen molar-refractivity contribution < 1.29 is 0 Å². The summed E-state index contributed by atoms with van der Waals surface area (Å²) in [6.07, 6.45) is 0. The first-order chi connectivity index (χ1) is 10.0. The Morgan fingerprint density at radius 3 is 2.76 bits per heavy atom. The highest BCUT2D eigenvalue weighted by Crippen LogP contribution is 2.29. The SMILES string of the molecule is Cc1nc2ccc(C(C)N(C)Cc3ccc(Cl)s3)cc2s1. The van der Waals surface area contributed by atoms with Crippen molar-refractivity contribution in [3.05, 3.63) is 50.1 Å². The average molecular weight is 337 g/mol. The first kappa shape index (κ1) is 15.0. The summed E-state index contributed by atoms with van der Waals surface area (Å²) in [5.41, 5.74) is 2.43. The maximum atomic E-state index is 6.00. The quantitative estimate of drug-likeness (QED) is 0.624. The molecule has 1 atom stereocenters. The molecule has 2 aromatic heterocycles. The molecule has 1 aromatic carbocycles. The molecule has 2 heterocycles. The van der Waals surface area contributed by atoms with E-state index in [1.807, 2.05) is 6.07 Å². The highest BCUT2D eigenvalue weighted by atomic mass is 35.5. The predicted molar refractivity (Wildman–Crippen MR) is 93.6 cm³/mol. The summed E-state index contributed by atoms with van der Waals surface area (Å²) in [6.45, 7) is 5.21. The predicted octanol–water partition coefficient (Wildman–Crippen LogP) is 5.51. The third-order valence-electron chi connectivity index (χ3n) is 3.70. The van der Waals surface area contributed by atoms with Gasteiger partial charge in [0.25, 0.3) is 0 Å². The monoisotopic (exact) mass is 336 g/mol. The summed E-state index contributed by atoms with van der Waals surface area (Å²) in [6, 6.07) is 11.0. The van der Waals surface area contributed by atoms with Crippen LogP contribution in [-0.2, 0) is 6.54 Å². The Morgan fingerprint density at radius 1 is 1.24 bits per heavy atom. The van der Waals surface area contributed by atoms with Crippen LogP contribution in [0.1, 0.15) is 28.4 Å².